The molecule has 2 heterocycles. The molecular formula is C12H15F2N3. The minimum atomic E-state index is -2.51. The number of anilines is 2. The Hall–Kier alpha value is -1.39. The van der Waals surface area contributed by atoms with E-state index in [0.29, 0.717) is 31.0 Å². The van der Waals surface area contributed by atoms with Gasteiger partial charge in [0.15, 0.2) is 5.82 Å². The lowest BCUT2D eigenvalue weighted by molar-refractivity contribution is -0.0351. The number of alkyl halides is 2. The van der Waals surface area contributed by atoms with Gasteiger partial charge in [0.05, 0.1) is 5.69 Å². The summed E-state index contributed by atoms with van der Waals surface area (Å²) in [6, 6.07) is 3.51. The van der Waals surface area contributed by atoms with E-state index < -0.39 is 11.8 Å². The van der Waals surface area contributed by atoms with E-state index in [4.69, 9.17) is 5.73 Å². The second-order valence-electron chi connectivity index (χ2n) is 4.99. The summed E-state index contributed by atoms with van der Waals surface area (Å²) in [5.74, 6) is -2.30. The normalized spacial score (nSPS) is 30.6. The van der Waals surface area contributed by atoms with Gasteiger partial charge >= 0.3 is 0 Å². The van der Waals surface area contributed by atoms with Gasteiger partial charge < -0.3 is 10.6 Å². The van der Waals surface area contributed by atoms with Gasteiger partial charge in [-0.15, -0.1) is 0 Å². The highest BCUT2D eigenvalue weighted by atomic mass is 19.3. The smallest absolute Gasteiger partial charge is 0.252 e. The standard InChI is InChI=1S/C12H15F2N3/c13-12(14)4-3-8-6-17(7-9(8)12)11-10(15)2-1-5-16-11/h1-2,5,8-9H,3-4,6-7,15H2. The molecule has 1 aliphatic carbocycles. The molecule has 2 N–H and O–H groups in total. The first kappa shape index (κ1) is 10.7. The number of halogens is 2. The molecule has 92 valence electrons. The van der Waals surface area contributed by atoms with Crippen molar-refractivity contribution >= 4 is 11.5 Å². The van der Waals surface area contributed by atoms with Gasteiger partial charge in [0.1, 0.15) is 0 Å². The lowest BCUT2D eigenvalue weighted by atomic mass is 9.99. The highest BCUT2D eigenvalue weighted by Gasteiger charge is 2.54. The van der Waals surface area contributed by atoms with E-state index in [1.165, 1.54) is 0 Å². The molecule has 2 unspecified atom stereocenters. The van der Waals surface area contributed by atoms with Gasteiger partial charge in [0.2, 0.25) is 0 Å². The minimum Gasteiger partial charge on any atom is -0.396 e. The molecule has 1 aromatic heterocycles. The molecule has 0 amide bonds. The molecule has 2 aliphatic rings. The zero-order valence-corrected chi connectivity index (χ0v) is 9.44. The molecule has 5 heteroatoms. The SMILES string of the molecule is Nc1cccnc1N1CC2CCC(F)(F)C2C1. The summed E-state index contributed by atoms with van der Waals surface area (Å²) in [5, 5.41) is 0. The van der Waals surface area contributed by atoms with Crippen molar-refractivity contribution < 1.29 is 8.78 Å². The molecule has 1 aromatic rings. The van der Waals surface area contributed by atoms with Crippen LogP contribution in [0.5, 0.6) is 0 Å². The molecule has 3 rings (SSSR count). The predicted octanol–water partition coefficient (Wildman–Crippen LogP) is 2.15. The van der Waals surface area contributed by atoms with E-state index in [0.717, 1.165) is 0 Å². The Bertz CT molecular complexity index is 436. The number of rotatable bonds is 1. The van der Waals surface area contributed by atoms with Crippen molar-refractivity contribution in [1.29, 1.82) is 0 Å². The quantitative estimate of drug-likeness (QED) is 0.816. The van der Waals surface area contributed by atoms with Gasteiger partial charge in [0, 0.05) is 31.6 Å². The molecule has 1 aliphatic heterocycles. The van der Waals surface area contributed by atoms with Gasteiger partial charge in [-0.25, -0.2) is 13.8 Å². The fraction of sp³-hybridized carbons (Fsp3) is 0.583. The number of nitrogens with two attached hydrogens (primary N) is 1. The molecule has 1 saturated carbocycles. The van der Waals surface area contributed by atoms with E-state index in [2.05, 4.69) is 4.98 Å². The van der Waals surface area contributed by atoms with Crippen molar-refractivity contribution in [2.24, 2.45) is 11.8 Å². The van der Waals surface area contributed by atoms with Crippen LogP contribution in [0.15, 0.2) is 18.3 Å². The van der Waals surface area contributed by atoms with Crippen molar-refractivity contribution in [1.82, 2.24) is 4.98 Å². The molecule has 17 heavy (non-hydrogen) atoms. The third-order valence-corrected chi connectivity index (χ3v) is 3.95. The van der Waals surface area contributed by atoms with Crippen LogP contribution in [0.3, 0.4) is 0 Å². The largest absolute Gasteiger partial charge is 0.396 e. The zero-order chi connectivity index (χ0) is 12.0. The van der Waals surface area contributed by atoms with E-state index >= 15 is 0 Å². The van der Waals surface area contributed by atoms with Crippen LogP contribution in [0.2, 0.25) is 0 Å². The number of fused-ring (bicyclic) bond motifs is 1. The van der Waals surface area contributed by atoms with Crippen LogP contribution in [-0.2, 0) is 0 Å². The summed E-state index contributed by atoms with van der Waals surface area (Å²) in [5.41, 5.74) is 6.39. The second-order valence-corrected chi connectivity index (χ2v) is 4.99. The maximum Gasteiger partial charge on any atom is 0.252 e. The molecule has 0 aromatic carbocycles. The number of aromatic nitrogens is 1. The first-order valence-electron chi connectivity index (χ1n) is 5.91. The molecule has 0 bridgehead atoms. The van der Waals surface area contributed by atoms with E-state index in [1.54, 1.807) is 18.3 Å². The number of hydrogen-bond donors (Lipinski definition) is 1. The fourth-order valence-corrected chi connectivity index (χ4v) is 3.05. The molecule has 2 fully saturated rings. The zero-order valence-electron chi connectivity index (χ0n) is 9.44. The van der Waals surface area contributed by atoms with Gasteiger partial charge in [0.25, 0.3) is 5.92 Å². The summed E-state index contributed by atoms with van der Waals surface area (Å²) < 4.78 is 27.2. The maximum absolute atomic E-state index is 13.6. The summed E-state index contributed by atoms with van der Waals surface area (Å²) in [7, 11) is 0. The molecule has 1 saturated heterocycles. The summed E-state index contributed by atoms with van der Waals surface area (Å²) in [6.45, 7) is 1.03. The Labute approximate surface area is 98.6 Å². The van der Waals surface area contributed by atoms with Crippen molar-refractivity contribution in [3.8, 4) is 0 Å². The number of pyridine rings is 1. The average Bonchev–Trinajstić information content (AvgIpc) is 2.81. The predicted molar refractivity (Wildman–Crippen MR) is 62.0 cm³/mol. The van der Waals surface area contributed by atoms with E-state index in [-0.39, 0.29) is 12.3 Å². The fourth-order valence-electron chi connectivity index (χ4n) is 3.05. The van der Waals surface area contributed by atoms with Crippen LogP contribution in [0.4, 0.5) is 20.3 Å². The number of nitrogen functional groups attached to an aromatic ring is 1. The van der Waals surface area contributed by atoms with Crippen molar-refractivity contribution in [3.05, 3.63) is 18.3 Å². The van der Waals surface area contributed by atoms with Gasteiger partial charge in [-0.3, -0.25) is 0 Å². The van der Waals surface area contributed by atoms with Gasteiger partial charge in [-0.2, -0.15) is 0 Å². The van der Waals surface area contributed by atoms with E-state index in [9.17, 15) is 8.78 Å². The topological polar surface area (TPSA) is 42.1 Å². The summed E-state index contributed by atoms with van der Waals surface area (Å²) >= 11 is 0. The van der Waals surface area contributed by atoms with Crippen LogP contribution in [-0.4, -0.2) is 24.0 Å². The highest BCUT2D eigenvalue weighted by Crippen LogP contribution is 2.49. The third-order valence-electron chi connectivity index (χ3n) is 3.95. The van der Waals surface area contributed by atoms with Crippen LogP contribution in [0.1, 0.15) is 12.8 Å². The monoisotopic (exact) mass is 239 g/mol. The molecule has 0 radical (unpaired) electrons. The Kier molecular flexibility index (Phi) is 2.24. The van der Waals surface area contributed by atoms with E-state index in [1.807, 2.05) is 4.90 Å². The number of hydrogen-bond acceptors (Lipinski definition) is 3. The van der Waals surface area contributed by atoms with Crippen molar-refractivity contribution in [3.63, 3.8) is 0 Å². The Morgan fingerprint density at radius 2 is 2.24 bits per heavy atom. The third kappa shape index (κ3) is 1.64. The van der Waals surface area contributed by atoms with Crippen molar-refractivity contribution in [2.75, 3.05) is 23.7 Å². The van der Waals surface area contributed by atoms with Gasteiger partial charge in [-0.1, -0.05) is 0 Å². The molecule has 3 nitrogen and oxygen atoms in total. The van der Waals surface area contributed by atoms with Gasteiger partial charge in [-0.05, 0) is 24.5 Å². The lowest BCUT2D eigenvalue weighted by Gasteiger charge is -2.22. The first-order chi connectivity index (χ1) is 8.08. The number of nitrogens with zero attached hydrogens (tertiary/aromatic N) is 2. The molecular weight excluding hydrogens is 224 g/mol. The van der Waals surface area contributed by atoms with Crippen LogP contribution >= 0.6 is 0 Å². The summed E-state index contributed by atoms with van der Waals surface area (Å²) in [4.78, 5) is 6.09. The van der Waals surface area contributed by atoms with Crippen LogP contribution in [0.25, 0.3) is 0 Å². The second kappa shape index (κ2) is 3.55. The van der Waals surface area contributed by atoms with Crippen molar-refractivity contribution in [2.45, 2.75) is 18.8 Å². The Balaban J connectivity index is 1.84. The molecule has 2 atom stereocenters. The summed E-state index contributed by atoms with van der Waals surface area (Å²) in [6.07, 6.45) is 2.30. The average molecular weight is 239 g/mol. The Morgan fingerprint density at radius 1 is 1.41 bits per heavy atom. The molecule has 0 spiro atoms. The minimum absolute atomic E-state index is 0.0356. The maximum atomic E-state index is 13.6. The first-order valence-corrected chi connectivity index (χ1v) is 5.91. The highest BCUT2D eigenvalue weighted by molar-refractivity contribution is 5.62. The van der Waals surface area contributed by atoms with Crippen LogP contribution in [0, 0.1) is 11.8 Å². The Morgan fingerprint density at radius 3 is 2.94 bits per heavy atom. The van der Waals surface area contributed by atoms with Crippen LogP contribution < -0.4 is 10.6 Å². The lowest BCUT2D eigenvalue weighted by Crippen LogP contribution is -2.29.